The zero-order valence-electron chi connectivity index (χ0n) is 6.06. The van der Waals surface area contributed by atoms with Crippen molar-refractivity contribution >= 4 is 0 Å². The third-order valence-electron chi connectivity index (χ3n) is 2.54. The van der Waals surface area contributed by atoms with Crippen molar-refractivity contribution in [1.82, 2.24) is 0 Å². The van der Waals surface area contributed by atoms with Crippen molar-refractivity contribution in [2.45, 2.75) is 31.7 Å². The second kappa shape index (κ2) is 2.14. The SMILES string of the molecule is C=CC(C)C1(N)CCC1. The first-order chi connectivity index (χ1) is 4.19. The van der Waals surface area contributed by atoms with Crippen LogP contribution >= 0.6 is 0 Å². The van der Waals surface area contributed by atoms with E-state index in [1.165, 1.54) is 19.3 Å². The van der Waals surface area contributed by atoms with Gasteiger partial charge < -0.3 is 5.73 Å². The molecule has 1 unspecified atom stereocenters. The van der Waals surface area contributed by atoms with Crippen LogP contribution in [-0.4, -0.2) is 5.54 Å². The Hall–Kier alpha value is -0.300. The van der Waals surface area contributed by atoms with E-state index < -0.39 is 0 Å². The fourth-order valence-corrected chi connectivity index (χ4v) is 1.28. The molecule has 1 heteroatoms. The Morgan fingerprint density at radius 1 is 1.67 bits per heavy atom. The minimum Gasteiger partial charge on any atom is -0.325 e. The summed E-state index contributed by atoms with van der Waals surface area (Å²) in [5.74, 6) is 0.492. The molecular weight excluding hydrogens is 110 g/mol. The third-order valence-corrected chi connectivity index (χ3v) is 2.54. The van der Waals surface area contributed by atoms with Crippen molar-refractivity contribution in [3.05, 3.63) is 12.7 Å². The number of hydrogen-bond donors (Lipinski definition) is 1. The summed E-state index contributed by atoms with van der Waals surface area (Å²) < 4.78 is 0. The first-order valence-electron chi connectivity index (χ1n) is 3.60. The van der Waals surface area contributed by atoms with Crippen LogP contribution < -0.4 is 5.73 Å². The van der Waals surface area contributed by atoms with Crippen molar-refractivity contribution in [2.24, 2.45) is 11.7 Å². The normalized spacial score (nSPS) is 26.4. The molecule has 1 aliphatic carbocycles. The summed E-state index contributed by atoms with van der Waals surface area (Å²) in [6.07, 6.45) is 5.62. The number of hydrogen-bond acceptors (Lipinski definition) is 1. The topological polar surface area (TPSA) is 26.0 Å². The van der Waals surface area contributed by atoms with Crippen molar-refractivity contribution in [1.29, 1.82) is 0 Å². The molecule has 1 saturated carbocycles. The fraction of sp³-hybridized carbons (Fsp3) is 0.750. The molecule has 0 aromatic carbocycles. The van der Waals surface area contributed by atoms with E-state index in [1.54, 1.807) is 0 Å². The third kappa shape index (κ3) is 1.01. The fourth-order valence-electron chi connectivity index (χ4n) is 1.28. The molecule has 9 heavy (non-hydrogen) atoms. The van der Waals surface area contributed by atoms with Crippen LogP contribution in [0.5, 0.6) is 0 Å². The highest BCUT2D eigenvalue weighted by Crippen LogP contribution is 2.35. The molecule has 0 saturated heterocycles. The summed E-state index contributed by atoms with van der Waals surface area (Å²) in [7, 11) is 0. The molecule has 1 atom stereocenters. The molecule has 0 aromatic heterocycles. The van der Waals surface area contributed by atoms with Crippen molar-refractivity contribution in [3.8, 4) is 0 Å². The molecule has 1 fully saturated rings. The van der Waals surface area contributed by atoms with E-state index in [0.717, 1.165) is 0 Å². The highest BCUT2D eigenvalue weighted by atomic mass is 14.8. The molecule has 0 spiro atoms. The lowest BCUT2D eigenvalue weighted by Crippen LogP contribution is -2.51. The lowest BCUT2D eigenvalue weighted by atomic mass is 9.70. The van der Waals surface area contributed by atoms with Gasteiger partial charge in [0.05, 0.1) is 0 Å². The summed E-state index contributed by atoms with van der Waals surface area (Å²) >= 11 is 0. The quantitative estimate of drug-likeness (QED) is 0.558. The first-order valence-corrected chi connectivity index (χ1v) is 3.60. The molecule has 1 nitrogen and oxygen atoms in total. The van der Waals surface area contributed by atoms with Gasteiger partial charge in [0.2, 0.25) is 0 Å². The smallest absolute Gasteiger partial charge is 0.0215 e. The zero-order chi connectivity index (χ0) is 6.91. The summed E-state index contributed by atoms with van der Waals surface area (Å²) in [6.45, 7) is 5.87. The summed E-state index contributed by atoms with van der Waals surface area (Å²) in [4.78, 5) is 0. The molecule has 0 amide bonds. The molecule has 52 valence electrons. The maximum Gasteiger partial charge on any atom is 0.0215 e. The second-order valence-corrected chi connectivity index (χ2v) is 3.11. The monoisotopic (exact) mass is 125 g/mol. The van der Waals surface area contributed by atoms with E-state index in [4.69, 9.17) is 5.73 Å². The Balaban J connectivity index is 2.48. The maximum absolute atomic E-state index is 5.99. The van der Waals surface area contributed by atoms with E-state index in [-0.39, 0.29) is 5.54 Å². The van der Waals surface area contributed by atoms with Gasteiger partial charge >= 0.3 is 0 Å². The van der Waals surface area contributed by atoms with Crippen molar-refractivity contribution < 1.29 is 0 Å². The van der Waals surface area contributed by atoms with Crippen LogP contribution in [0.15, 0.2) is 12.7 Å². The van der Waals surface area contributed by atoms with Gasteiger partial charge in [-0.15, -0.1) is 6.58 Å². The van der Waals surface area contributed by atoms with E-state index in [1.807, 2.05) is 6.08 Å². The molecular formula is C8H15N. The van der Waals surface area contributed by atoms with Gasteiger partial charge in [0, 0.05) is 5.54 Å². The summed E-state index contributed by atoms with van der Waals surface area (Å²) in [6, 6.07) is 0. The number of nitrogens with two attached hydrogens (primary N) is 1. The number of rotatable bonds is 2. The van der Waals surface area contributed by atoms with Gasteiger partial charge in [-0.25, -0.2) is 0 Å². The van der Waals surface area contributed by atoms with Crippen LogP contribution in [0, 0.1) is 5.92 Å². The van der Waals surface area contributed by atoms with Crippen molar-refractivity contribution in [2.75, 3.05) is 0 Å². The highest BCUT2D eigenvalue weighted by molar-refractivity contribution is 5.02. The lowest BCUT2D eigenvalue weighted by molar-refractivity contribution is 0.194. The van der Waals surface area contributed by atoms with E-state index in [0.29, 0.717) is 5.92 Å². The van der Waals surface area contributed by atoms with Crippen LogP contribution in [0.3, 0.4) is 0 Å². The van der Waals surface area contributed by atoms with Gasteiger partial charge in [0.1, 0.15) is 0 Å². The average Bonchev–Trinajstić information content (AvgIpc) is 1.81. The summed E-state index contributed by atoms with van der Waals surface area (Å²) in [5.41, 5.74) is 6.10. The first kappa shape index (κ1) is 6.81. The molecule has 0 aliphatic heterocycles. The summed E-state index contributed by atoms with van der Waals surface area (Å²) in [5, 5.41) is 0. The Labute approximate surface area is 56.9 Å². The highest BCUT2D eigenvalue weighted by Gasteiger charge is 2.36. The van der Waals surface area contributed by atoms with Gasteiger partial charge in [-0.1, -0.05) is 13.0 Å². The van der Waals surface area contributed by atoms with E-state index in [9.17, 15) is 0 Å². The van der Waals surface area contributed by atoms with Gasteiger partial charge in [-0.3, -0.25) is 0 Å². The van der Waals surface area contributed by atoms with Crippen LogP contribution in [0.1, 0.15) is 26.2 Å². The molecule has 1 rings (SSSR count). The minimum absolute atomic E-state index is 0.113. The van der Waals surface area contributed by atoms with Gasteiger partial charge in [-0.2, -0.15) is 0 Å². The van der Waals surface area contributed by atoms with Crippen LogP contribution in [0.4, 0.5) is 0 Å². The molecule has 0 aromatic rings. The Morgan fingerprint density at radius 2 is 2.22 bits per heavy atom. The molecule has 1 aliphatic rings. The Morgan fingerprint density at radius 3 is 2.33 bits per heavy atom. The average molecular weight is 125 g/mol. The lowest BCUT2D eigenvalue weighted by Gasteiger charge is -2.42. The van der Waals surface area contributed by atoms with E-state index >= 15 is 0 Å². The maximum atomic E-state index is 5.99. The second-order valence-electron chi connectivity index (χ2n) is 3.11. The molecule has 0 bridgehead atoms. The van der Waals surface area contributed by atoms with Gasteiger partial charge in [-0.05, 0) is 25.2 Å². The molecule has 2 N–H and O–H groups in total. The Bertz CT molecular complexity index is 114. The molecule has 0 heterocycles. The van der Waals surface area contributed by atoms with Crippen molar-refractivity contribution in [3.63, 3.8) is 0 Å². The van der Waals surface area contributed by atoms with Crippen LogP contribution in [0.25, 0.3) is 0 Å². The zero-order valence-corrected chi connectivity index (χ0v) is 6.06. The standard InChI is InChI=1S/C8H15N/c1-3-7(2)8(9)5-4-6-8/h3,7H,1,4-6,9H2,2H3. The predicted octanol–water partition coefficient (Wildman–Crippen LogP) is 1.69. The molecule has 0 radical (unpaired) electrons. The van der Waals surface area contributed by atoms with Crippen LogP contribution in [0.2, 0.25) is 0 Å². The minimum atomic E-state index is 0.113. The largest absolute Gasteiger partial charge is 0.325 e. The van der Waals surface area contributed by atoms with Gasteiger partial charge in [0.25, 0.3) is 0 Å². The van der Waals surface area contributed by atoms with Gasteiger partial charge in [0.15, 0.2) is 0 Å². The van der Waals surface area contributed by atoms with Crippen LogP contribution in [-0.2, 0) is 0 Å². The Kier molecular flexibility index (Phi) is 1.62. The predicted molar refractivity (Wildman–Crippen MR) is 40.1 cm³/mol. The van der Waals surface area contributed by atoms with E-state index in [2.05, 4.69) is 13.5 Å².